The number of H-pyrrole nitrogens is 1. The number of aromatic nitrogens is 1. The van der Waals surface area contributed by atoms with Gasteiger partial charge in [-0.15, -0.1) is 0 Å². The van der Waals surface area contributed by atoms with Gasteiger partial charge in [0, 0.05) is 32.4 Å². The molecule has 0 aliphatic carbocycles. The second kappa shape index (κ2) is 8.25. The lowest BCUT2D eigenvalue weighted by Gasteiger charge is -2.43. The van der Waals surface area contributed by atoms with Crippen LogP contribution in [0, 0.1) is 0 Å². The Morgan fingerprint density at radius 3 is 2.59 bits per heavy atom. The molecule has 0 spiro atoms. The number of ether oxygens (including phenoxy) is 1. The van der Waals surface area contributed by atoms with Crippen LogP contribution < -0.4 is 0 Å². The Balaban J connectivity index is 1.58. The van der Waals surface area contributed by atoms with Crippen molar-refractivity contribution >= 4 is 5.91 Å². The van der Waals surface area contributed by atoms with Crippen molar-refractivity contribution in [1.82, 2.24) is 14.8 Å². The van der Waals surface area contributed by atoms with Crippen molar-refractivity contribution in [3.8, 4) is 0 Å². The normalized spacial score (nSPS) is 24.9. The van der Waals surface area contributed by atoms with Crippen molar-refractivity contribution in [3.63, 3.8) is 0 Å². The molecule has 2 N–H and O–H groups in total. The number of piperidine rings is 1. The van der Waals surface area contributed by atoms with Crippen LogP contribution in [0.3, 0.4) is 0 Å². The Labute approximate surface area is 159 Å². The quantitative estimate of drug-likeness (QED) is 0.866. The molecule has 0 unspecified atom stereocenters. The predicted molar refractivity (Wildman–Crippen MR) is 102 cm³/mol. The Morgan fingerprint density at radius 1 is 1.11 bits per heavy atom. The summed E-state index contributed by atoms with van der Waals surface area (Å²) in [4.78, 5) is 20.4. The van der Waals surface area contributed by atoms with Gasteiger partial charge in [0.15, 0.2) is 0 Å². The number of benzene rings is 1. The van der Waals surface area contributed by atoms with E-state index in [2.05, 4.69) is 22.0 Å². The Kier molecular flexibility index (Phi) is 5.57. The molecule has 0 saturated carbocycles. The van der Waals surface area contributed by atoms with E-state index in [1.54, 1.807) is 6.20 Å². The summed E-state index contributed by atoms with van der Waals surface area (Å²) in [5.74, 6) is 0.0104. The number of amides is 1. The summed E-state index contributed by atoms with van der Waals surface area (Å²) in [6.07, 6.45) is 3.10. The van der Waals surface area contributed by atoms with Crippen LogP contribution >= 0.6 is 0 Å². The average Bonchev–Trinajstić information content (AvgIpc) is 3.24. The summed E-state index contributed by atoms with van der Waals surface area (Å²) in [7, 11) is 0. The first-order valence-corrected chi connectivity index (χ1v) is 9.73. The molecule has 1 aromatic carbocycles. The van der Waals surface area contributed by atoms with Crippen LogP contribution in [0.5, 0.6) is 0 Å². The lowest BCUT2D eigenvalue weighted by molar-refractivity contribution is -0.0771. The number of hydrogen-bond donors (Lipinski definition) is 2. The zero-order valence-electron chi connectivity index (χ0n) is 15.5. The minimum atomic E-state index is -0.190. The average molecular weight is 369 g/mol. The topological polar surface area (TPSA) is 68.8 Å². The minimum absolute atomic E-state index is 0.0104. The lowest BCUT2D eigenvalue weighted by atomic mass is 9.96. The summed E-state index contributed by atoms with van der Waals surface area (Å²) in [5.41, 5.74) is 1.71. The summed E-state index contributed by atoms with van der Waals surface area (Å²) >= 11 is 0. The monoisotopic (exact) mass is 369 g/mol. The SMILES string of the molecule is O=C(c1ccc[nH]1)N1CCO[C@@H](CN2CCC(O)CC2)[C@@H]1c1ccccc1. The number of hydrogen-bond acceptors (Lipinski definition) is 4. The molecule has 4 rings (SSSR count). The van der Waals surface area contributed by atoms with Gasteiger partial charge >= 0.3 is 0 Å². The van der Waals surface area contributed by atoms with Gasteiger partial charge in [0.25, 0.3) is 5.91 Å². The molecule has 2 fully saturated rings. The summed E-state index contributed by atoms with van der Waals surface area (Å²) < 4.78 is 6.16. The molecule has 1 amide bonds. The Bertz CT molecular complexity index is 726. The third-order valence-corrected chi connectivity index (χ3v) is 5.58. The smallest absolute Gasteiger partial charge is 0.270 e. The lowest BCUT2D eigenvalue weighted by Crippen LogP contribution is -2.52. The van der Waals surface area contributed by atoms with Gasteiger partial charge in [-0.2, -0.15) is 0 Å². The minimum Gasteiger partial charge on any atom is -0.393 e. The standard InChI is InChI=1S/C21H27N3O3/c25-17-8-11-23(12-9-17)15-19-20(16-5-2-1-3-6-16)24(13-14-27-19)21(26)18-7-4-10-22-18/h1-7,10,17,19-20,22,25H,8-9,11-15H2/t19-,20-/m0/s1. The van der Waals surface area contributed by atoms with E-state index in [9.17, 15) is 9.90 Å². The first-order valence-electron chi connectivity index (χ1n) is 9.73. The molecule has 0 radical (unpaired) electrons. The molecule has 6 nitrogen and oxygen atoms in total. The zero-order valence-corrected chi connectivity index (χ0v) is 15.5. The third-order valence-electron chi connectivity index (χ3n) is 5.58. The van der Waals surface area contributed by atoms with Crippen molar-refractivity contribution in [1.29, 1.82) is 0 Å². The molecule has 3 heterocycles. The van der Waals surface area contributed by atoms with Gasteiger partial charge in [0.1, 0.15) is 5.69 Å². The number of nitrogens with zero attached hydrogens (tertiary/aromatic N) is 2. The van der Waals surface area contributed by atoms with Crippen molar-refractivity contribution in [2.45, 2.75) is 31.1 Å². The number of rotatable bonds is 4. The largest absolute Gasteiger partial charge is 0.393 e. The number of aliphatic hydroxyl groups excluding tert-OH is 1. The maximum atomic E-state index is 13.1. The highest BCUT2D eigenvalue weighted by Crippen LogP contribution is 2.31. The van der Waals surface area contributed by atoms with E-state index < -0.39 is 0 Å². The molecule has 1 aromatic heterocycles. The van der Waals surface area contributed by atoms with Gasteiger partial charge in [-0.3, -0.25) is 4.79 Å². The first-order chi connectivity index (χ1) is 13.2. The molecule has 6 heteroatoms. The van der Waals surface area contributed by atoms with Crippen LogP contribution in [0.1, 0.15) is 34.9 Å². The van der Waals surface area contributed by atoms with E-state index >= 15 is 0 Å². The van der Waals surface area contributed by atoms with E-state index in [0.717, 1.165) is 38.0 Å². The van der Waals surface area contributed by atoms with Crippen LogP contribution in [0.2, 0.25) is 0 Å². The van der Waals surface area contributed by atoms with E-state index in [0.29, 0.717) is 18.8 Å². The molecule has 27 heavy (non-hydrogen) atoms. The number of likely N-dealkylation sites (tertiary alicyclic amines) is 1. The van der Waals surface area contributed by atoms with E-state index in [1.807, 2.05) is 35.2 Å². The van der Waals surface area contributed by atoms with Gasteiger partial charge in [-0.1, -0.05) is 30.3 Å². The summed E-state index contributed by atoms with van der Waals surface area (Å²) in [6.45, 7) is 3.62. The van der Waals surface area contributed by atoms with Gasteiger partial charge in [0.2, 0.25) is 0 Å². The van der Waals surface area contributed by atoms with E-state index in [-0.39, 0.29) is 24.2 Å². The van der Waals surface area contributed by atoms with Gasteiger partial charge in [-0.05, 0) is 30.5 Å². The van der Waals surface area contributed by atoms with E-state index in [4.69, 9.17) is 4.74 Å². The van der Waals surface area contributed by atoms with Gasteiger partial charge in [0.05, 0.1) is 24.9 Å². The van der Waals surface area contributed by atoms with Crippen LogP contribution in [-0.4, -0.2) is 70.8 Å². The van der Waals surface area contributed by atoms with Crippen molar-refractivity contribution in [2.24, 2.45) is 0 Å². The number of aromatic amines is 1. The van der Waals surface area contributed by atoms with Crippen LogP contribution in [0.25, 0.3) is 0 Å². The molecular formula is C21H27N3O3. The molecule has 144 valence electrons. The second-order valence-corrected chi connectivity index (χ2v) is 7.38. The van der Waals surface area contributed by atoms with Gasteiger partial charge in [-0.25, -0.2) is 0 Å². The van der Waals surface area contributed by atoms with Crippen molar-refractivity contribution in [2.75, 3.05) is 32.8 Å². The Hall–Kier alpha value is -2.15. The maximum absolute atomic E-state index is 13.1. The predicted octanol–water partition coefficient (Wildman–Crippen LogP) is 2.05. The van der Waals surface area contributed by atoms with Gasteiger partial charge < -0.3 is 24.6 Å². The van der Waals surface area contributed by atoms with Crippen molar-refractivity contribution < 1.29 is 14.6 Å². The van der Waals surface area contributed by atoms with E-state index in [1.165, 1.54) is 0 Å². The highest BCUT2D eigenvalue weighted by atomic mass is 16.5. The summed E-state index contributed by atoms with van der Waals surface area (Å²) in [5, 5.41) is 9.77. The second-order valence-electron chi connectivity index (χ2n) is 7.38. The highest BCUT2D eigenvalue weighted by molar-refractivity contribution is 5.92. The van der Waals surface area contributed by atoms with Crippen LogP contribution in [-0.2, 0) is 4.74 Å². The molecule has 2 atom stereocenters. The summed E-state index contributed by atoms with van der Waals surface area (Å²) in [6, 6.07) is 13.7. The molecule has 2 aromatic rings. The molecule has 2 aliphatic rings. The fraction of sp³-hybridized carbons (Fsp3) is 0.476. The number of morpholine rings is 1. The number of aliphatic hydroxyl groups is 1. The maximum Gasteiger partial charge on any atom is 0.270 e. The molecule has 0 bridgehead atoms. The fourth-order valence-electron chi connectivity index (χ4n) is 4.13. The number of carbonyl (C=O) groups is 1. The molecule has 2 saturated heterocycles. The van der Waals surface area contributed by atoms with Crippen LogP contribution in [0.4, 0.5) is 0 Å². The third kappa shape index (κ3) is 4.08. The van der Waals surface area contributed by atoms with Crippen LogP contribution in [0.15, 0.2) is 48.7 Å². The number of carbonyl (C=O) groups excluding carboxylic acids is 1. The fourth-order valence-corrected chi connectivity index (χ4v) is 4.13. The zero-order chi connectivity index (χ0) is 18.6. The Morgan fingerprint density at radius 2 is 1.89 bits per heavy atom. The molecule has 2 aliphatic heterocycles. The highest BCUT2D eigenvalue weighted by Gasteiger charge is 2.38. The molecular weight excluding hydrogens is 342 g/mol. The first kappa shape index (κ1) is 18.2. The van der Waals surface area contributed by atoms with Crippen molar-refractivity contribution in [3.05, 3.63) is 59.9 Å². The number of nitrogens with one attached hydrogen (secondary N) is 1.